The Morgan fingerprint density at radius 1 is 1.12 bits per heavy atom. The van der Waals surface area contributed by atoms with E-state index in [0.29, 0.717) is 32.1 Å². The number of carbonyl (C=O) groups is 1. The van der Waals surface area contributed by atoms with E-state index in [1.165, 1.54) is 6.08 Å². The molecule has 0 spiro atoms. The molecule has 1 amide bonds. The maximum absolute atomic E-state index is 12.3. The minimum Gasteiger partial charge on any atom is -0.489 e. The Hall–Kier alpha value is -5.12. The van der Waals surface area contributed by atoms with Crippen molar-refractivity contribution in [2.45, 2.75) is 13.0 Å². The molecule has 0 saturated carbocycles. The normalized spacial score (nSPS) is 16.3. The van der Waals surface area contributed by atoms with Gasteiger partial charge in [-0.3, -0.25) is 4.79 Å². The lowest BCUT2D eigenvalue weighted by molar-refractivity contribution is -0.129. The first-order valence-corrected chi connectivity index (χ1v) is 13.1. The lowest BCUT2D eigenvalue weighted by Gasteiger charge is -2.39. The summed E-state index contributed by atoms with van der Waals surface area (Å²) in [6.07, 6.45) is 8.50. The molecule has 2 aromatic carbocycles. The number of imidazole rings is 1. The Balaban J connectivity index is 1.15. The zero-order valence-electron chi connectivity index (χ0n) is 21.9. The lowest BCUT2D eigenvalue weighted by atomic mass is 10.1. The number of anilines is 3. The molecule has 1 saturated heterocycles. The Kier molecular flexibility index (Phi) is 5.73. The van der Waals surface area contributed by atoms with E-state index in [1.807, 2.05) is 65.0 Å². The molecular formula is C30H27N7O3. The Morgan fingerprint density at radius 3 is 2.92 bits per heavy atom. The summed E-state index contributed by atoms with van der Waals surface area (Å²) in [5.74, 6) is 2.89. The van der Waals surface area contributed by atoms with Crippen molar-refractivity contribution in [1.82, 2.24) is 24.3 Å². The van der Waals surface area contributed by atoms with Crippen molar-refractivity contribution in [3.8, 4) is 17.2 Å². The molecule has 0 radical (unpaired) electrons. The number of pyridine rings is 1. The number of hydrogen-bond acceptors (Lipinski definition) is 8. The second-order valence-corrected chi connectivity index (χ2v) is 9.97. The highest BCUT2D eigenvalue weighted by atomic mass is 16.5. The highest BCUT2D eigenvalue weighted by molar-refractivity contribution is 5.95. The van der Waals surface area contributed by atoms with E-state index in [-0.39, 0.29) is 11.9 Å². The van der Waals surface area contributed by atoms with Crippen molar-refractivity contribution in [2.24, 2.45) is 0 Å². The number of aryl methyl sites for hydroxylation is 1. The van der Waals surface area contributed by atoms with Crippen molar-refractivity contribution in [3.63, 3.8) is 0 Å². The van der Waals surface area contributed by atoms with Crippen LogP contribution < -0.4 is 19.7 Å². The van der Waals surface area contributed by atoms with Crippen LogP contribution in [0.4, 0.5) is 17.2 Å². The number of benzene rings is 2. The number of rotatable bonds is 5. The number of nitrogens with one attached hydrogen (secondary N) is 1. The quantitative estimate of drug-likeness (QED) is 0.324. The number of amides is 1. The number of ether oxygens (including phenoxy) is 2. The monoisotopic (exact) mass is 533 g/mol. The fraction of sp³-hybridized carbons (Fsp3) is 0.200. The van der Waals surface area contributed by atoms with Gasteiger partial charge in [0.1, 0.15) is 41.6 Å². The third-order valence-electron chi connectivity index (χ3n) is 7.46. The molecule has 3 aromatic heterocycles. The molecule has 2 aliphatic rings. The fourth-order valence-electron chi connectivity index (χ4n) is 5.41. The van der Waals surface area contributed by atoms with Gasteiger partial charge in [-0.15, -0.1) is 0 Å². The number of carbonyl (C=O) groups excluding carboxylic acids is 1. The fourth-order valence-corrected chi connectivity index (χ4v) is 5.41. The molecule has 10 nitrogen and oxygen atoms in total. The minimum absolute atomic E-state index is 0.0382. The van der Waals surface area contributed by atoms with E-state index in [1.54, 1.807) is 12.5 Å². The van der Waals surface area contributed by atoms with Crippen LogP contribution in [0, 0.1) is 6.92 Å². The van der Waals surface area contributed by atoms with Gasteiger partial charge in [-0.05, 0) is 48.9 Å². The average molecular weight is 534 g/mol. The Bertz CT molecular complexity index is 1780. The van der Waals surface area contributed by atoms with E-state index >= 15 is 0 Å². The summed E-state index contributed by atoms with van der Waals surface area (Å²) >= 11 is 0. The van der Waals surface area contributed by atoms with E-state index < -0.39 is 0 Å². The first kappa shape index (κ1) is 24.0. The van der Waals surface area contributed by atoms with Crippen molar-refractivity contribution in [1.29, 1.82) is 0 Å². The molecule has 10 heteroatoms. The molecule has 0 aliphatic carbocycles. The molecular weight excluding hydrogens is 506 g/mol. The molecule has 1 atom stereocenters. The van der Waals surface area contributed by atoms with Crippen LogP contribution in [0.25, 0.3) is 16.6 Å². The SMILES string of the molecule is C=CC(=O)N1CCN2C[C@@H]1COc1cc3ncnc(Nc4ccc(Oc5ccn6ccnc6c5)c(C)c4)c3cc12. The number of fused-ring (bicyclic) bond motifs is 6. The van der Waals surface area contributed by atoms with Crippen LogP contribution in [-0.4, -0.2) is 62.4 Å². The largest absolute Gasteiger partial charge is 0.489 e. The maximum atomic E-state index is 12.3. The number of piperazine rings is 1. The summed E-state index contributed by atoms with van der Waals surface area (Å²) < 4.78 is 14.3. The standard InChI is InChI=1S/C30H27N7O3/c1-3-29(38)37-11-10-36-16-21(37)17-39-27-15-24-23(14-25(27)36)30(33-18-32-24)34-20-4-5-26(19(2)12-20)40-22-6-8-35-9-7-31-28(35)13-22/h3-9,12-15,18,21H,1,10-11,16-17H2,2H3,(H,32,33,34)/t21-/m1/s1. The number of aromatic nitrogens is 4. The van der Waals surface area contributed by atoms with Gasteiger partial charge in [0.2, 0.25) is 5.91 Å². The van der Waals surface area contributed by atoms with Crippen LogP contribution in [0.3, 0.4) is 0 Å². The molecule has 0 unspecified atom stereocenters. The Labute approximate surface area is 230 Å². The first-order chi connectivity index (χ1) is 19.6. The first-order valence-electron chi connectivity index (χ1n) is 13.1. The molecule has 5 aromatic rings. The van der Waals surface area contributed by atoms with Crippen LogP contribution in [0.5, 0.6) is 17.2 Å². The van der Waals surface area contributed by atoms with Gasteiger partial charge in [0.05, 0.1) is 17.2 Å². The van der Waals surface area contributed by atoms with Gasteiger partial charge in [0.25, 0.3) is 0 Å². The predicted octanol–water partition coefficient (Wildman–Crippen LogP) is 4.72. The molecule has 5 heterocycles. The van der Waals surface area contributed by atoms with Crippen LogP contribution in [0.15, 0.2) is 80.0 Å². The maximum Gasteiger partial charge on any atom is 0.246 e. The smallest absolute Gasteiger partial charge is 0.246 e. The van der Waals surface area contributed by atoms with E-state index in [9.17, 15) is 4.79 Å². The topological polar surface area (TPSA) is 97.1 Å². The highest BCUT2D eigenvalue weighted by Gasteiger charge is 2.34. The summed E-state index contributed by atoms with van der Waals surface area (Å²) in [6, 6.07) is 13.8. The molecule has 1 fully saturated rings. The van der Waals surface area contributed by atoms with Gasteiger partial charge in [-0.1, -0.05) is 6.58 Å². The van der Waals surface area contributed by atoms with Gasteiger partial charge in [0.15, 0.2) is 0 Å². The molecule has 7 rings (SSSR count). The van der Waals surface area contributed by atoms with Crippen LogP contribution >= 0.6 is 0 Å². The van der Waals surface area contributed by atoms with Gasteiger partial charge in [-0.2, -0.15) is 0 Å². The molecule has 1 N–H and O–H groups in total. The molecule has 200 valence electrons. The summed E-state index contributed by atoms with van der Waals surface area (Å²) in [5, 5.41) is 4.35. The summed E-state index contributed by atoms with van der Waals surface area (Å²) in [5.41, 5.74) is 4.45. The van der Waals surface area contributed by atoms with Crippen LogP contribution in [0.2, 0.25) is 0 Å². The second kappa shape index (κ2) is 9.57. The molecule has 2 aliphatic heterocycles. The third-order valence-corrected chi connectivity index (χ3v) is 7.46. The van der Waals surface area contributed by atoms with Gasteiger partial charge >= 0.3 is 0 Å². The number of hydrogen-bond donors (Lipinski definition) is 1. The van der Waals surface area contributed by atoms with Crippen molar-refractivity contribution >= 4 is 39.6 Å². The summed E-state index contributed by atoms with van der Waals surface area (Å²) in [6.45, 7) is 8.11. The van der Waals surface area contributed by atoms with Crippen LogP contribution in [-0.2, 0) is 4.79 Å². The van der Waals surface area contributed by atoms with Crippen molar-refractivity contribution in [3.05, 3.63) is 85.6 Å². The van der Waals surface area contributed by atoms with Gasteiger partial charge < -0.3 is 29.0 Å². The number of nitrogens with zero attached hydrogens (tertiary/aromatic N) is 6. The second-order valence-electron chi connectivity index (χ2n) is 9.97. The van der Waals surface area contributed by atoms with Crippen LogP contribution in [0.1, 0.15) is 5.56 Å². The molecule has 2 bridgehead atoms. The third kappa shape index (κ3) is 4.23. The van der Waals surface area contributed by atoms with E-state index in [4.69, 9.17) is 9.47 Å². The average Bonchev–Trinajstić information content (AvgIpc) is 3.40. The zero-order chi connectivity index (χ0) is 27.2. The highest BCUT2D eigenvalue weighted by Crippen LogP contribution is 2.39. The predicted molar refractivity (Wildman–Crippen MR) is 153 cm³/mol. The van der Waals surface area contributed by atoms with Gasteiger partial charge in [-0.25, -0.2) is 15.0 Å². The zero-order valence-corrected chi connectivity index (χ0v) is 21.9. The Morgan fingerprint density at radius 2 is 2.05 bits per heavy atom. The molecule has 40 heavy (non-hydrogen) atoms. The van der Waals surface area contributed by atoms with Crippen molar-refractivity contribution < 1.29 is 14.3 Å². The summed E-state index contributed by atoms with van der Waals surface area (Å²) in [7, 11) is 0. The van der Waals surface area contributed by atoms with E-state index in [2.05, 4.69) is 37.8 Å². The minimum atomic E-state index is -0.0625. The van der Waals surface area contributed by atoms with E-state index in [0.717, 1.165) is 50.7 Å². The lowest BCUT2D eigenvalue weighted by Crippen LogP contribution is -2.56. The summed E-state index contributed by atoms with van der Waals surface area (Å²) in [4.78, 5) is 29.8. The van der Waals surface area contributed by atoms with Gasteiger partial charge in [0, 0.05) is 61.4 Å². The van der Waals surface area contributed by atoms with Crippen molar-refractivity contribution in [2.75, 3.05) is 36.5 Å².